The topological polar surface area (TPSA) is 80.9 Å². The molecule has 0 spiro atoms. The molecule has 3 aliphatic rings. The second kappa shape index (κ2) is 7.95. The summed E-state index contributed by atoms with van der Waals surface area (Å²) in [5.74, 6) is 0. The number of aryl methyl sites for hydroxylation is 2. The van der Waals surface area contributed by atoms with Gasteiger partial charge in [-0.05, 0) is 87.6 Å². The summed E-state index contributed by atoms with van der Waals surface area (Å²) in [7, 11) is 0. The summed E-state index contributed by atoms with van der Waals surface area (Å²) in [6.45, 7) is 6.62. The Morgan fingerprint density at radius 3 is 2.52 bits per heavy atom. The Kier molecular flexibility index (Phi) is 5.26. The summed E-state index contributed by atoms with van der Waals surface area (Å²) in [5.41, 5.74) is 6.37. The summed E-state index contributed by atoms with van der Waals surface area (Å²) in [6.07, 6.45) is 7.59. The Bertz CT molecular complexity index is 980. The molecule has 2 aliphatic carbocycles. The minimum absolute atomic E-state index is 0.212. The molecule has 0 bridgehead atoms. The van der Waals surface area contributed by atoms with Crippen LogP contribution in [0.5, 0.6) is 0 Å². The van der Waals surface area contributed by atoms with Crippen molar-refractivity contribution in [1.82, 2.24) is 9.78 Å². The lowest BCUT2D eigenvalue weighted by molar-refractivity contribution is -0.201. The fourth-order valence-electron chi connectivity index (χ4n) is 5.10. The van der Waals surface area contributed by atoms with Crippen molar-refractivity contribution in [3.05, 3.63) is 46.3 Å². The lowest BCUT2D eigenvalue weighted by Gasteiger charge is -2.31. The number of nitrogens with one attached hydrogen (secondary N) is 1. The highest BCUT2D eigenvalue weighted by atomic mass is 16.6. The van der Waals surface area contributed by atoms with E-state index in [1.54, 1.807) is 0 Å². The predicted molar refractivity (Wildman–Crippen MR) is 119 cm³/mol. The molecule has 166 valence electrons. The van der Waals surface area contributed by atoms with E-state index in [0.29, 0.717) is 18.3 Å². The number of aliphatic imine (C=N–C) groups is 1. The van der Waals surface area contributed by atoms with Gasteiger partial charge in [-0.2, -0.15) is 5.10 Å². The number of amidine groups is 1. The van der Waals surface area contributed by atoms with Crippen molar-refractivity contribution in [3.8, 4) is 0 Å². The van der Waals surface area contributed by atoms with Crippen molar-refractivity contribution in [2.45, 2.75) is 77.2 Å². The van der Waals surface area contributed by atoms with E-state index in [1.165, 1.54) is 40.8 Å². The summed E-state index contributed by atoms with van der Waals surface area (Å²) in [6, 6.07) is 4.95. The third-order valence-electron chi connectivity index (χ3n) is 6.74. The third kappa shape index (κ3) is 3.44. The lowest BCUT2D eigenvalue weighted by Crippen LogP contribution is -2.45. The fraction of sp³-hybridized carbons (Fsp3) is 0.583. The Labute approximate surface area is 183 Å². The van der Waals surface area contributed by atoms with E-state index in [0.717, 1.165) is 25.7 Å². The minimum Gasteiger partial charge on any atom is -0.444 e. The van der Waals surface area contributed by atoms with Crippen LogP contribution >= 0.6 is 0 Å². The largest absolute Gasteiger partial charge is 0.444 e. The maximum Gasteiger partial charge on any atom is 0.290 e. The highest BCUT2D eigenvalue weighted by Crippen LogP contribution is 2.40. The average Bonchev–Trinajstić information content (AvgIpc) is 3.52. The van der Waals surface area contributed by atoms with Crippen LogP contribution in [0.3, 0.4) is 0 Å². The number of ether oxygens (including phenoxy) is 2. The van der Waals surface area contributed by atoms with Crippen LogP contribution in [0.2, 0.25) is 0 Å². The highest BCUT2D eigenvalue weighted by Gasteiger charge is 2.50. The molecule has 0 radical (unpaired) electrons. The molecule has 1 aromatic carbocycles. The molecule has 7 nitrogen and oxygen atoms in total. The van der Waals surface area contributed by atoms with Gasteiger partial charge in [0.2, 0.25) is 11.9 Å². The van der Waals surface area contributed by atoms with Gasteiger partial charge in [-0.3, -0.25) is 4.68 Å². The standard InChI is InChI=1S/C24H32N4O3/c1-4-30-22(29)24(20-11-12-28(27-20)15(2)3)14-25-23(31-24)26-21-18-9-5-7-16(18)13-17-8-6-10-19(17)21/h11-13,15,22,29H,4-10,14H2,1-3H3,(H,25,26). The van der Waals surface area contributed by atoms with E-state index in [-0.39, 0.29) is 12.6 Å². The van der Waals surface area contributed by atoms with Gasteiger partial charge in [-0.25, -0.2) is 4.99 Å². The molecule has 7 heteroatoms. The Morgan fingerprint density at radius 1 is 1.19 bits per heavy atom. The maximum absolute atomic E-state index is 10.9. The molecular formula is C24H32N4O3. The third-order valence-corrected chi connectivity index (χ3v) is 6.74. The van der Waals surface area contributed by atoms with Crippen LogP contribution in [-0.4, -0.2) is 40.4 Å². The van der Waals surface area contributed by atoms with Crippen molar-refractivity contribution in [2.24, 2.45) is 4.99 Å². The van der Waals surface area contributed by atoms with Gasteiger partial charge in [0.25, 0.3) is 6.02 Å². The molecule has 0 saturated carbocycles. The van der Waals surface area contributed by atoms with Gasteiger partial charge in [0.15, 0.2) is 0 Å². The van der Waals surface area contributed by atoms with Crippen molar-refractivity contribution in [3.63, 3.8) is 0 Å². The molecular weight excluding hydrogens is 392 g/mol. The molecule has 2 N–H and O–H groups in total. The van der Waals surface area contributed by atoms with Crippen LogP contribution in [0, 0.1) is 0 Å². The Morgan fingerprint density at radius 2 is 1.90 bits per heavy atom. The first kappa shape index (κ1) is 20.5. The molecule has 1 aliphatic heterocycles. The molecule has 1 aromatic heterocycles. The number of benzene rings is 1. The van der Waals surface area contributed by atoms with Crippen molar-refractivity contribution >= 4 is 11.7 Å². The first-order chi connectivity index (χ1) is 15.0. The van der Waals surface area contributed by atoms with Gasteiger partial charge in [0.05, 0.1) is 6.54 Å². The van der Waals surface area contributed by atoms with E-state index in [1.807, 2.05) is 23.9 Å². The van der Waals surface area contributed by atoms with E-state index in [9.17, 15) is 5.11 Å². The zero-order chi connectivity index (χ0) is 21.6. The van der Waals surface area contributed by atoms with Gasteiger partial charge >= 0.3 is 0 Å². The molecule has 2 aromatic rings. The van der Waals surface area contributed by atoms with Gasteiger partial charge in [0, 0.05) is 24.5 Å². The molecule has 2 heterocycles. The number of nitrogens with zero attached hydrogens (tertiary/aromatic N) is 3. The predicted octanol–water partition coefficient (Wildman–Crippen LogP) is 3.49. The second-order valence-electron chi connectivity index (χ2n) is 9.05. The summed E-state index contributed by atoms with van der Waals surface area (Å²) in [4.78, 5) is 4.66. The van der Waals surface area contributed by atoms with Crippen LogP contribution in [0.25, 0.3) is 0 Å². The van der Waals surface area contributed by atoms with Crippen LogP contribution in [-0.2, 0) is 40.8 Å². The zero-order valence-corrected chi connectivity index (χ0v) is 18.6. The zero-order valence-electron chi connectivity index (χ0n) is 18.6. The minimum atomic E-state index is -1.16. The maximum atomic E-state index is 10.9. The van der Waals surface area contributed by atoms with Gasteiger partial charge in [-0.1, -0.05) is 6.07 Å². The van der Waals surface area contributed by atoms with Gasteiger partial charge < -0.3 is 19.9 Å². The van der Waals surface area contributed by atoms with Crippen molar-refractivity contribution in [2.75, 3.05) is 18.5 Å². The number of aromatic nitrogens is 2. The normalized spacial score (nSPS) is 22.9. The number of aliphatic hydroxyl groups excluding tert-OH is 1. The van der Waals surface area contributed by atoms with Crippen LogP contribution in [0.4, 0.5) is 5.69 Å². The fourth-order valence-corrected chi connectivity index (χ4v) is 5.10. The second-order valence-corrected chi connectivity index (χ2v) is 9.05. The molecule has 0 saturated heterocycles. The number of hydrogen-bond donors (Lipinski definition) is 2. The number of fused-ring (bicyclic) bond motifs is 2. The molecule has 0 fully saturated rings. The first-order valence-electron chi connectivity index (χ1n) is 11.5. The first-order valence-corrected chi connectivity index (χ1v) is 11.5. The molecule has 2 unspecified atom stereocenters. The Balaban J connectivity index is 1.45. The number of rotatable bonds is 6. The quantitative estimate of drug-likeness (QED) is 0.694. The van der Waals surface area contributed by atoms with Crippen LogP contribution in [0.1, 0.15) is 67.6 Å². The van der Waals surface area contributed by atoms with Gasteiger partial charge in [0.1, 0.15) is 5.69 Å². The monoisotopic (exact) mass is 424 g/mol. The average molecular weight is 425 g/mol. The Hall–Kier alpha value is -2.38. The molecule has 2 atom stereocenters. The summed E-state index contributed by atoms with van der Waals surface area (Å²) < 4.78 is 13.8. The van der Waals surface area contributed by atoms with E-state index < -0.39 is 11.9 Å². The molecule has 31 heavy (non-hydrogen) atoms. The van der Waals surface area contributed by atoms with E-state index >= 15 is 0 Å². The van der Waals surface area contributed by atoms with E-state index in [4.69, 9.17) is 9.47 Å². The van der Waals surface area contributed by atoms with Gasteiger partial charge in [-0.15, -0.1) is 0 Å². The molecule has 5 rings (SSSR count). The summed E-state index contributed by atoms with van der Waals surface area (Å²) in [5, 5.41) is 19.1. The van der Waals surface area contributed by atoms with Crippen molar-refractivity contribution < 1.29 is 14.6 Å². The smallest absolute Gasteiger partial charge is 0.290 e. The van der Waals surface area contributed by atoms with E-state index in [2.05, 4.69) is 35.3 Å². The number of aliphatic hydroxyl groups is 1. The van der Waals surface area contributed by atoms with Crippen LogP contribution < -0.4 is 5.32 Å². The molecule has 0 amide bonds. The van der Waals surface area contributed by atoms with Crippen LogP contribution in [0.15, 0.2) is 23.3 Å². The summed E-state index contributed by atoms with van der Waals surface area (Å²) >= 11 is 0. The number of anilines is 1. The highest BCUT2D eigenvalue weighted by molar-refractivity contribution is 5.93. The SMILES string of the molecule is CCOC(O)C1(c2ccn(C(C)C)n2)CN=C(Nc2c3c(cc4c2CCC4)CCC3)O1. The number of hydrogen-bond acceptors (Lipinski definition) is 6. The lowest BCUT2D eigenvalue weighted by atomic mass is 9.99. The van der Waals surface area contributed by atoms with Crippen molar-refractivity contribution in [1.29, 1.82) is 0 Å².